The predicted molar refractivity (Wildman–Crippen MR) is 96.5 cm³/mol. The third-order valence-electron chi connectivity index (χ3n) is 6.73. The maximum atomic E-state index is 13.8. The molecule has 2 aliphatic carbocycles. The van der Waals surface area contributed by atoms with Crippen LogP contribution in [-0.2, 0) is 4.79 Å². The molecular formula is C21H28FNO3. The van der Waals surface area contributed by atoms with Gasteiger partial charge in [-0.05, 0) is 69.1 Å². The SMILES string of the molecule is COc1cc(F)cc(C2CCC3(CC2)CN(C(=O)C2CC(C)(O)C2)C3)c1. The number of ether oxygens (including phenoxy) is 1. The molecule has 0 unspecified atom stereocenters. The minimum Gasteiger partial charge on any atom is -0.497 e. The smallest absolute Gasteiger partial charge is 0.225 e. The normalized spacial score (nSPS) is 30.6. The van der Waals surface area contributed by atoms with Gasteiger partial charge in [0.05, 0.1) is 12.7 Å². The average molecular weight is 361 g/mol. The van der Waals surface area contributed by atoms with Gasteiger partial charge >= 0.3 is 0 Å². The van der Waals surface area contributed by atoms with Crippen LogP contribution < -0.4 is 4.74 Å². The van der Waals surface area contributed by atoms with Crippen molar-refractivity contribution in [2.45, 2.75) is 57.0 Å². The van der Waals surface area contributed by atoms with Gasteiger partial charge in [-0.2, -0.15) is 0 Å². The van der Waals surface area contributed by atoms with Crippen molar-refractivity contribution in [2.75, 3.05) is 20.2 Å². The van der Waals surface area contributed by atoms with Gasteiger partial charge in [-0.15, -0.1) is 0 Å². The molecule has 3 fully saturated rings. The van der Waals surface area contributed by atoms with Crippen LogP contribution in [-0.4, -0.2) is 41.7 Å². The summed E-state index contributed by atoms with van der Waals surface area (Å²) in [5.74, 6) is 0.947. The average Bonchev–Trinajstić information content (AvgIpc) is 2.56. The molecule has 0 aromatic heterocycles. The van der Waals surface area contributed by atoms with E-state index in [1.54, 1.807) is 20.1 Å². The molecule has 1 aromatic rings. The van der Waals surface area contributed by atoms with E-state index in [1.165, 1.54) is 6.07 Å². The molecule has 1 aliphatic heterocycles. The van der Waals surface area contributed by atoms with E-state index in [4.69, 9.17) is 4.74 Å². The number of aliphatic hydroxyl groups is 1. The van der Waals surface area contributed by atoms with Crippen molar-refractivity contribution >= 4 is 5.91 Å². The zero-order chi connectivity index (χ0) is 18.5. The zero-order valence-corrected chi connectivity index (χ0v) is 15.6. The van der Waals surface area contributed by atoms with Gasteiger partial charge in [0.1, 0.15) is 11.6 Å². The maximum absolute atomic E-state index is 13.8. The van der Waals surface area contributed by atoms with E-state index in [-0.39, 0.29) is 23.1 Å². The minimum atomic E-state index is -0.646. The van der Waals surface area contributed by atoms with Gasteiger partial charge in [0.2, 0.25) is 5.91 Å². The molecule has 142 valence electrons. The Morgan fingerprint density at radius 2 is 1.88 bits per heavy atom. The molecule has 5 heteroatoms. The lowest BCUT2D eigenvalue weighted by Crippen LogP contribution is -2.62. The Morgan fingerprint density at radius 3 is 2.46 bits per heavy atom. The number of nitrogens with zero attached hydrogens (tertiary/aromatic N) is 1. The van der Waals surface area contributed by atoms with Crippen LogP contribution >= 0.6 is 0 Å². The summed E-state index contributed by atoms with van der Waals surface area (Å²) < 4.78 is 19.0. The maximum Gasteiger partial charge on any atom is 0.225 e. The third kappa shape index (κ3) is 3.22. The summed E-state index contributed by atoms with van der Waals surface area (Å²) in [5, 5.41) is 9.84. The number of rotatable bonds is 3. The molecule has 0 bridgehead atoms. The zero-order valence-electron chi connectivity index (χ0n) is 15.6. The van der Waals surface area contributed by atoms with Crippen LogP contribution in [0.5, 0.6) is 5.75 Å². The number of benzene rings is 1. The van der Waals surface area contributed by atoms with E-state index in [9.17, 15) is 14.3 Å². The summed E-state index contributed by atoms with van der Waals surface area (Å²) in [4.78, 5) is 14.5. The highest BCUT2D eigenvalue weighted by molar-refractivity contribution is 5.81. The highest BCUT2D eigenvalue weighted by atomic mass is 19.1. The van der Waals surface area contributed by atoms with E-state index in [2.05, 4.69) is 0 Å². The van der Waals surface area contributed by atoms with Crippen molar-refractivity contribution in [3.63, 3.8) is 0 Å². The first-order chi connectivity index (χ1) is 12.3. The van der Waals surface area contributed by atoms with Crippen LogP contribution in [0.2, 0.25) is 0 Å². The number of carbonyl (C=O) groups is 1. The molecule has 2 saturated carbocycles. The van der Waals surface area contributed by atoms with E-state index < -0.39 is 5.60 Å². The first kappa shape index (κ1) is 17.8. The van der Waals surface area contributed by atoms with E-state index in [1.807, 2.05) is 11.0 Å². The number of amides is 1. The molecule has 3 aliphatic rings. The molecule has 1 aromatic carbocycles. The van der Waals surface area contributed by atoms with Crippen LogP contribution in [0, 0.1) is 17.2 Å². The molecule has 1 spiro atoms. The van der Waals surface area contributed by atoms with Gasteiger partial charge < -0.3 is 14.7 Å². The Kier molecular flexibility index (Phi) is 4.25. The summed E-state index contributed by atoms with van der Waals surface area (Å²) in [7, 11) is 1.57. The van der Waals surface area contributed by atoms with Crippen LogP contribution in [0.3, 0.4) is 0 Å². The number of carbonyl (C=O) groups excluding carboxylic acids is 1. The molecule has 4 nitrogen and oxygen atoms in total. The van der Waals surface area contributed by atoms with E-state index in [0.29, 0.717) is 24.5 Å². The Bertz CT molecular complexity index is 693. The highest BCUT2D eigenvalue weighted by Crippen LogP contribution is 2.50. The van der Waals surface area contributed by atoms with Crippen LogP contribution in [0.25, 0.3) is 0 Å². The lowest BCUT2D eigenvalue weighted by atomic mass is 9.63. The summed E-state index contributed by atoms with van der Waals surface area (Å²) in [6.07, 6.45) is 5.43. The Labute approximate surface area is 154 Å². The second-order valence-electron chi connectivity index (χ2n) is 9.00. The van der Waals surface area contributed by atoms with Crippen LogP contribution in [0.1, 0.15) is 56.9 Å². The van der Waals surface area contributed by atoms with Gasteiger partial charge in [-0.1, -0.05) is 0 Å². The van der Waals surface area contributed by atoms with Gasteiger partial charge in [0, 0.05) is 30.5 Å². The standard InChI is InChI=1S/C21H28FNO3/c1-20(25)10-16(11-20)19(24)23-12-21(13-23)5-3-14(4-6-21)15-7-17(22)9-18(8-15)26-2/h7-9,14,16,25H,3-6,10-13H2,1-2H3. The van der Waals surface area contributed by atoms with Crippen molar-refractivity contribution in [1.29, 1.82) is 0 Å². The first-order valence-electron chi connectivity index (χ1n) is 9.65. The number of hydrogen-bond donors (Lipinski definition) is 1. The molecule has 0 atom stereocenters. The molecule has 0 radical (unpaired) electrons. The minimum absolute atomic E-state index is 0.0125. The van der Waals surface area contributed by atoms with Crippen molar-refractivity contribution in [1.82, 2.24) is 4.90 Å². The highest BCUT2D eigenvalue weighted by Gasteiger charge is 2.51. The molecule has 4 rings (SSSR count). The van der Waals surface area contributed by atoms with Crippen molar-refractivity contribution < 1.29 is 19.0 Å². The van der Waals surface area contributed by atoms with E-state index in [0.717, 1.165) is 44.3 Å². The fraction of sp³-hybridized carbons (Fsp3) is 0.667. The number of hydrogen-bond acceptors (Lipinski definition) is 3. The lowest BCUT2D eigenvalue weighted by molar-refractivity contribution is -0.163. The Morgan fingerprint density at radius 1 is 1.23 bits per heavy atom. The Balaban J connectivity index is 1.31. The van der Waals surface area contributed by atoms with Gasteiger partial charge in [-0.3, -0.25) is 4.79 Å². The topological polar surface area (TPSA) is 49.8 Å². The summed E-state index contributed by atoms with van der Waals surface area (Å²) in [6, 6.07) is 5.00. The second-order valence-corrected chi connectivity index (χ2v) is 9.00. The van der Waals surface area contributed by atoms with Crippen LogP contribution in [0.4, 0.5) is 4.39 Å². The van der Waals surface area contributed by atoms with Gasteiger partial charge in [0.25, 0.3) is 0 Å². The monoisotopic (exact) mass is 361 g/mol. The molecule has 1 amide bonds. The van der Waals surface area contributed by atoms with Gasteiger partial charge in [-0.25, -0.2) is 4.39 Å². The van der Waals surface area contributed by atoms with Gasteiger partial charge in [0.15, 0.2) is 0 Å². The van der Waals surface area contributed by atoms with Crippen molar-refractivity contribution in [3.05, 3.63) is 29.6 Å². The van der Waals surface area contributed by atoms with E-state index >= 15 is 0 Å². The largest absolute Gasteiger partial charge is 0.497 e. The molecule has 26 heavy (non-hydrogen) atoms. The molecule has 1 saturated heterocycles. The third-order valence-corrected chi connectivity index (χ3v) is 6.73. The summed E-state index contributed by atoms with van der Waals surface area (Å²) in [5.41, 5.74) is 0.642. The number of halogens is 1. The molecule has 1 heterocycles. The Hall–Kier alpha value is -1.62. The van der Waals surface area contributed by atoms with Crippen molar-refractivity contribution in [3.8, 4) is 5.75 Å². The fourth-order valence-electron chi connectivity index (χ4n) is 5.17. The molecular weight excluding hydrogens is 333 g/mol. The fourth-order valence-corrected chi connectivity index (χ4v) is 5.17. The quantitative estimate of drug-likeness (QED) is 0.897. The number of methoxy groups -OCH3 is 1. The number of likely N-dealkylation sites (tertiary alicyclic amines) is 1. The summed E-state index contributed by atoms with van der Waals surface area (Å²) in [6.45, 7) is 3.50. The predicted octanol–water partition coefficient (Wildman–Crippen LogP) is 3.48. The van der Waals surface area contributed by atoms with Crippen LogP contribution in [0.15, 0.2) is 18.2 Å². The lowest BCUT2D eigenvalue weighted by Gasteiger charge is -2.55. The van der Waals surface area contributed by atoms with Crippen molar-refractivity contribution in [2.24, 2.45) is 11.3 Å². The second kappa shape index (κ2) is 6.22. The molecule has 1 N–H and O–H groups in total. The summed E-state index contributed by atoms with van der Waals surface area (Å²) >= 11 is 0. The first-order valence-corrected chi connectivity index (χ1v) is 9.65.